The average molecular weight is 368 g/mol. The molecule has 0 radical (unpaired) electrons. The number of pyridine rings is 1. The Morgan fingerprint density at radius 1 is 1.41 bits per heavy atom. The molecule has 0 aliphatic carbocycles. The first-order chi connectivity index (χ1) is 10.6. The highest BCUT2D eigenvalue weighted by molar-refractivity contribution is 9.10. The van der Waals surface area contributed by atoms with Crippen molar-refractivity contribution >= 4 is 27.7 Å². The number of amides is 1. The van der Waals surface area contributed by atoms with Crippen molar-refractivity contribution < 1.29 is 4.79 Å². The third-order valence-electron chi connectivity index (χ3n) is 4.26. The van der Waals surface area contributed by atoms with Crippen molar-refractivity contribution in [2.75, 3.05) is 24.5 Å². The summed E-state index contributed by atoms with van der Waals surface area (Å²) in [7, 11) is 0. The molecule has 1 aromatic heterocycles. The quantitative estimate of drug-likeness (QED) is 0.780. The predicted octanol–water partition coefficient (Wildman–Crippen LogP) is 3.68. The van der Waals surface area contributed by atoms with E-state index in [-0.39, 0.29) is 11.8 Å². The van der Waals surface area contributed by atoms with Crippen molar-refractivity contribution in [3.05, 3.63) is 22.3 Å². The minimum atomic E-state index is 0.161. The molecule has 22 heavy (non-hydrogen) atoms. The summed E-state index contributed by atoms with van der Waals surface area (Å²) >= 11 is 3.45. The second-order valence-electron chi connectivity index (χ2n) is 6.05. The Morgan fingerprint density at radius 2 is 2.14 bits per heavy atom. The zero-order valence-corrected chi connectivity index (χ0v) is 15.2. The molecule has 1 fully saturated rings. The topological polar surface area (TPSA) is 45.2 Å². The zero-order chi connectivity index (χ0) is 15.9. The summed E-state index contributed by atoms with van der Waals surface area (Å²) in [5.41, 5.74) is 1.18. The van der Waals surface area contributed by atoms with Crippen LogP contribution in [-0.4, -0.2) is 30.5 Å². The van der Waals surface area contributed by atoms with Crippen LogP contribution in [0.1, 0.15) is 44.6 Å². The van der Waals surface area contributed by atoms with E-state index in [9.17, 15) is 4.79 Å². The third-order valence-corrected chi connectivity index (χ3v) is 4.70. The number of hydrogen-bond donors (Lipinski definition) is 1. The molecule has 1 aliphatic heterocycles. The summed E-state index contributed by atoms with van der Waals surface area (Å²) in [5.74, 6) is 1.44. The van der Waals surface area contributed by atoms with E-state index in [1.165, 1.54) is 18.4 Å². The lowest BCUT2D eigenvalue weighted by atomic mass is 9.95. The van der Waals surface area contributed by atoms with Crippen molar-refractivity contribution in [2.24, 2.45) is 5.92 Å². The van der Waals surface area contributed by atoms with Crippen molar-refractivity contribution in [3.8, 4) is 0 Å². The van der Waals surface area contributed by atoms with Gasteiger partial charge >= 0.3 is 0 Å². The maximum atomic E-state index is 12.2. The Morgan fingerprint density at radius 3 is 2.77 bits per heavy atom. The molecule has 0 unspecified atom stereocenters. The number of unbranched alkanes of at least 4 members (excludes halogenated alkanes) is 2. The number of nitrogens with zero attached hydrogens (tertiary/aromatic N) is 2. The van der Waals surface area contributed by atoms with E-state index in [1.807, 2.05) is 6.20 Å². The highest BCUT2D eigenvalue weighted by Crippen LogP contribution is 2.26. The lowest BCUT2D eigenvalue weighted by molar-refractivity contribution is -0.125. The molecular formula is C17H26BrN3O. The van der Waals surface area contributed by atoms with Crippen LogP contribution in [0.5, 0.6) is 0 Å². The van der Waals surface area contributed by atoms with Crippen LogP contribution in [0, 0.1) is 12.8 Å². The Kier molecular flexibility index (Phi) is 6.68. The molecule has 1 saturated heterocycles. The Hall–Kier alpha value is -1.10. The Bertz CT molecular complexity index is 499. The zero-order valence-electron chi connectivity index (χ0n) is 13.6. The SMILES string of the molecule is CCCCCNC(=O)C1CCN(c2ncc(Br)cc2C)CC1. The van der Waals surface area contributed by atoms with Gasteiger partial charge in [0.2, 0.25) is 5.91 Å². The number of nitrogens with one attached hydrogen (secondary N) is 1. The Balaban J connectivity index is 1.81. The van der Waals surface area contributed by atoms with Gasteiger partial charge in [-0.15, -0.1) is 0 Å². The minimum absolute atomic E-state index is 0.161. The highest BCUT2D eigenvalue weighted by atomic mass is 79.9. The van der Waals surface area contributed by atoms with Gasteiger partial charge in [0.15, 0.2) is 0 Å². The van der Waals surface area contributed by atoms with Gasteiger partial charge in [-0.25, -0.2) is 4.98 Å². The number of hydrogen-bond acceptors (Lipinski definition) is 3. The molecule has 0 aromatic carbocycles. The third kappa shape index (κ3) is 4.70. The summed E-state index contributed by atoms with van der Waals surface area (Å²) in [6.07, 6.45) is 7.13. The lowest BCUT2D eigenvalue weighted by Gasteiger charge is -2.33. The number of rotatable bonds is 6. The van der Waals surface area contributed by atoms with Gasteiger partial charge in [-0.2, -0.15) is 0 Å². The van der Waals surface area contributed by atoms with Gasteiger partial charge in [0.05, 0.1) is 0 Å². The van der Waals surface area contributed by atoms with E-state index in [4.69, 9.17) is 0 Å². The molecular weight excluding hydrogens is 342 g/mol. The van der Waals surface area contributed by atoms with Crippen molar-refractivity contribution in [3.63, 3.8) is 0 Å². The van der Waals surface area contributed by atoms with Crippen molar-refractivity contribution in [1.29, 1.82) is 0 Å². The Labute approximate surface area is 141 Å². The maximum Gasteiger partial charge on any atom is 0.223 e. The molecule has 1 aromatic rings. The van der Waals surface area contributed by atoms with E-state index in [0.717, 1.165) is 49.2 Å². The smallest absolute Gasteiger partial charge is 0.223 e. The molecule has 1 N–H and O–H groups in total. The molecule has 1 amide bonds. The first-order valence-electron chi connectivity index (χ1n) is 8.26. The lowest BCUT2D eigenvalue weighted by Crippen LogP contribution is -2.41. The number of halogens is 1. The van der Waals surface area contributed by atoms with E-state index in [1.54, 1.807) is 0 Å². The first kappa shape index (κ1) is 17.3. The van der Waals surface area contributed by atoms with E-state index < -0.39 is 0 Å². The van der Waals surface area contributed by atoms with Crippen LogP contribution in [0.15, 0.2) is 16.7 Å². The molecule has 0 saturated carbocycles. The van der Waals surface area contributed by atoms with Crippen molar-refractivity contribution in [2.45, 2.75) is 46.0 Å². The van der Waals surface area contributed by atoms with E-state index in [0.29, 0.717) is 0 Å². The molecule has 4 nitrogen and oxygen atoms in total. The summed E-state index contributed by atoms with van der Waals surface area (Å²) in [6, 6.07) is 2.09. The number of aromatic nitrogens is 1. The second kappa shape index (κ2) is 8.51. The van der Waals surface area contributed by atoms with Crippen LogP contribution < -0.4 is 10.2 Å². The summed E-state index contributed by atoms with van der Waals surface area (Å²) in [6.45, 7) is 6.89. The number of aryl methyl sites for hydroxylation is 1. The van der Waals surface area contributed by atoms with Crippen LogP contribution in [0.2, 0.25) is 0 Å². The van der Waals surface area contributed by atoms with Crippen LogP contribution in [-0.2, 0) is 4.79 Å². The number of carbonyl (C=O) groups excluding carboxylic acids is 1. The molecule has 0 atom stereocenters. The van der Waals surface area contributed by atoms with Crippen molar-refractivity contribution in [1.82, 2.24) is 10.3 Å². The fourth-order valence-corrected chi connectivity index (χ4v) is 3.39. The minimum Gasteiger partial charge on any atom is -0.356 e. The standard InChI is InChI=1S/C17H26BrN3O/c1-3-4-5-8-19-17(22)14-6-9-21(10-7-14)16-13(2)11-15(18)12-20-16/h11-12,14H,3-10H2,1-2H3,(H,19,22). The van der Waals surface area contributed by atoms with E-state index >= 15 is 0 Å². The van der Waals surface area contributed by atoms with Gasteiger partial charge < -0.3 is 10.2 Å². The predicted molar refractivity (Wildman–Crippen MR) is 94.1 cm³/mol. The maximum absolute atomic E-state index is 12.2. The van der Waals surface area contributed by atoms with Crippen LogP contribution in [0.25, 0.3) is 0 Å². The molecule has 2 heterocycles. The van der Waals surface area contributed by atoms with Crippen LogP contribution in [0.3, 0.4) is 0 Å². The van der Waals surface area contributed by atoms with E-state index in [2.05, 4.69) is 51.0 Å². The normalized spacial score (nSPS) is 15.9. The largest absolute Gasteiger partial charge is 0.356 e. The van der Waals surface area contributed by atoms with Crippen LogP contribution in [0.4, 0.5) is 5.82 Å². The summed E-state index contributed by atoms with van der Waals surface area (Å²) in [5, 5.41) is 3.08. The first-order valence-corrected chi connectivity index (χ1v) is 9.06. The van der Waals surface area contributed by atoms with Gasteiger partial charge in [-0.05, 0) is 53.7 Å². The molecule has 0 spiro atoms. The van der Waals surface area contributed by atoms with Gasteiger partial charge in [0, 0.05) is 36.2 Å². The van der Waals surface area contributed by atoms with Crippen LogP contribution >= 0.6 is 15.9 Å². The molecule has 2 rings (SSSR count). The molecule has 5 heteroatoms. The van der Waals surface area contributed by atoms with Gasteiger partial charge in [0.1, 0.15) is 5.82 Å². The highest BCUT2D eigenvalue weighted by Gasteiger charge is 2.25. The molecule has 122 valence electrons. The average Bonchev–Trinajstić information content (AvgIpc) is 2.52. The molecule has 0 bridgehead atoms. The summed E-state index contributed by atoms with van der Waals surface area (Å²) in [4.78, 5) is 19.0. The van der Waals surface area contributed by atoms with Gasteiger partial charge in [-0.1, -0.05) is 19.8 Å². The number of carbonyl (C=O) groups is 1. The molecule has 1 aliphatic rings. The van der Waals surface area contributed by atoms with Gasteiger partial charge in [-0.3, -0.25) is 4.79 Å². The number of piperidine rings is 1. The number of anilines is 1. The fourth-order valence-electron chi connectivity index (χ4n) is 2.95. The fraction of sp³-hybridized carbons (Fsp3) is 0.647. The second-order valence-corrected chi connectivity index (χ2v) is 6.97. The summed E-state index contributed by atoms with van der Waals surface area (Å²) < 4.78 is 1.01. The van der Waals surface area contributed by atoms with Gasteiger partial charge in [0.25, 0.3) is 0 Å². The monoisotopic (exact) mass is 367 g/mol.